The molecule has 0 aliphatic rings. The molecule has 0 atom stereocenters. The van der Waals surface area contributed by atoms with Crippen molar-refractivity contribution in [1.82, 2.24) is 20.4 Å². The first kappa shape index (κ1) is 24.1. The van der Waals surface area contributed by atoms with Crippen LogP contribution in [0.25, 0.3) is 34.0 Å². The van der Waals surface area contributed by atoms with Crippen LogP contribution in [-0.4, -0.2) is 41.3 Å². The molecule has 0 saturated carbocycles. The van der Waals surface area contributed by atoms with Crippen LogP contribution in [-0.2, 0) is 9.84 Å². The van der Waals surface area contributed by atoms with Crippen LogP contribution in [0.4, 0.5) is 5.69 Å². The SMILES string of the molecule is CCNC(=N)Nc1ccc(-c2cc(-c3[c]ncc(-c4ccc(S(=O)(=O)C(C)C)cc4)n3)on2)cc1. The highest BCUT2D eigenvalue weighted by molar-refractivity contribution is 7.92. The quantitative estimate of drug-likeness (QED) is 0.257. The van der Waals surface area contributed by atoms with Gasteiger partial charge in [-0.05, 0) is 45.0 Å². The summed E-state index contributed by atoms with van der Waals surface area (Å²) in [6.07, 6.45) is 4.38. The molecule has 2 heterocycles. The Bertz CT molecular complexity index is 1430. The van der Waals surface area contributed by atoms with Gasteiger partial charge in [0.2, 0.25) is 0 Å². The summed E-state index contributed by atoms with van der Waals surface area (Å²) < 4.78 is 30.2. The fourth-order valence-corrected chi connectivity index (χ4v) is 4.34. The predicted molar refractivity (Wildman–Crippen MR) is 135 cm³/mol. The second kappa shape index (κ2) is 10.1. The Morgan fingerprint density at radius 1 is 1.06 bits per heavy atom. The standard InChI is InChI=1S/C25H25N6O3S/c1-4-28-25(26)29-19-9-5-17(6-10-19)21-13-24(34-31-21)23-15-27-14-22(30-23)18-7-11-20(12-8-18)35(32,33)16(2)3/h5-14,16H,4H2,1-3H3,(H3,26,28,29). The Kier molecular flexibility index (Phi) is 6.92. The number of hydrogen-bond acceptors (Lipinski definition) is 7. The summed E-state index contributed by atoms with van der Waals surface area (Å²) >= 11 is 0. The number of benzene rings is 2. The third kappa shape index (κ3) is 5.38. The van der Waals surface area contributed by atoms with E-state index >= 15 is 0 Å². The smallest absolute Gasteiger partial charge is 0.192 e. The second-order valence-corrected chi connectivity index (χ2v) is 10.5. The summed E-state index contributed by atoms with van der Waals surface area (Å²) in [4.78, 5) is 8.98. The lowest BCUT2D eigenvalue weighted by atomic mass is 10.1. The Morgan fingerprint density at radius 3 is 2.37 bits per heavy atom. The van der Waals surface area contributed by atoms with E-state index in [1.165, 1.54) is 0 Å². The van der Waals surface area contributed by atoms with Crippen LogP contribution in [0.3, 0.4) is 0 Å². The maximum absolute atomic E-state index is 12.4. The molecule has 0 aliphatic heterocycles. The van der Waals surface area contributed by atoms with Gasteiger partial charge in [-0.3, -0.25) is 5.41 Å². The Hall–Kier alpha value is -4.05. The number of guanidine groups is 1. The van der Waals surface area contributed by atoms with E-state index in [1.807, 2.05) is 31.2 Å². The van der Waals surface area contributed by atoms with E-state index in [-0.39, 0.29) is 10.9 Å². The number of nitrogens with zero attached hydrogens (tertiary/aromatic N) is 3. The monoisotopic (exact) mass is 489 g/mol. The zero-order valence-electron chi connectivity index (χ0n) is 19.5. The molecular formula is C25H25N6O3S. The predicted octanol–water partition coefficient (Wildman–Crippen LogP) is 4.40. The van der Waals surface area contributed by atoms with Crippen molar-refractivity contribution in [1.29, 1.82) is 5.41 Å². The van der Waals surface area contributed by atoms with Crippen molar-refractivity contribution in [2.75, 3.05) is 11.9 Å². The molecule has 4 aromatic rings. The Labute approximate surface area is 204 Å². The topological polar surface area (TPSA) is 134 Å². The fourth-order valence-electron chi connectivity index (χ4n) is 3.28. The number of sulfone groups is 1. The second-order valence-electron chi connectivity index (χ2n) is 8.02. The van der Waals surface area contributed by atoms with Crippen molar-refractivity contribution in [3.8, 4) is 34.0 Å². The zero-order chi connectivity index (χ0) is 25.0. The minimum Gasteiger partial charge on any atom is -0.357 e. The molecule has 0 aliphatic carbocycles. The van der Waals surface area contributed by atoms with Crippen LogP contribution in [0.15, 0.2) is 70.2 Å². The largest absolute Gasteiger partial charge is 0.357 e. The minimum absolute atomic E-state index is 0.231. The van der Waals surface area contributed by atoms with E-state index in [2.05, 4.69) is 32.0 Å². The lowest BCUT2D eigenvalue weighted by Crippen LogP contribution is -2.28. The van der Waals surface area contributed by atoms with Crippen LogP contribution in [0.1, 0.15) is 20.8 Å². The van der Waals surface area contributed by atoms with Gasteiger partial charge in [0.05, 0.1) is 22.0 Å². The maximum atomic E-state index is 12.4. The molecule has 10 heteroatoms. The van der Waals surface area contributed by atoms with Gasteiger partial charge < -0.3 is 15.2 Å². The summed E-state index contributed by atoms with van der Waals surface area (Å²) in [5.41, 5.74) is 3.91. The van der Waals surface area contributed by atoms with Crippen molar-refractivity contribution < 1.29 is 12.9 Å². The average Bonchev–Trinajstić information content (AvgIpc) is 3.35. The molecule has 9 nitrogen and oxygen atoms in total. The fraction of sp³-hybridized carbons (Fsp3) is 0.200. The Balaban J connectivity index is 1.53. The molecule has 0 spiro atoms. The van der Waals surface area contributed by atoms with Crippen LogP contribution < -0.4 is 10.6 Å². The molecule has 0 bridgehead atoms. The lowest BCUT2D eigenvalue weighted by molar-refractivity contribution is 0.433. The first-order valence-corrected chi connectivity index (χ1v) is 12.6. The number of nitrogens with one attached hydrogen (secondary N) is 3. The molecular weight excluding hydrogens is 464 g/mol. The summed E-state index contributed by atoms with van der Waals surface area (Å²) in [7, 11) is -3.35. The normalized spacial score (nSPS) is 11.4. The highest BCUT2D eigenvalue weighted by Crippen LogP contribution is 2.27. The maximum Gasteiger partial charge on any atom is 0.192 e. The number of anilines is 1. The minimum atomic E-state index is -3.35. The molecule has 179 valence electrons. The van der Waals surface area contributed by atoms with Crippen molar-refractivity contribution in [3.05, 3.63) is 67.0 Å². The van der Waals surface area contributed by atoms with Crippen LogP contribution in [0, 0.1) is 11.6 Å². The van der Waals surface area contributed by atoms with Gasteiger partial charge in [-0.2, -0.15) is 0 Å². The van der Waals surface area contributed by atoms with E-state index in [1.54, 1.807) is 50.4 Å². The summed E-state index contributed by atoms with van der Waals surface area (Å²) in [6, 6.07) is 15.8. The molecule has 2 aromatic carbocycles. The molecule has 1 radical (unpaired) electrons. The number of rotatable bonds is 7. The van der Waals surface area contributed by atoms with E-state index < -0.39 is 15.1 Å². The first-order chi connectivity index (χ1) is 16.8. The third-order valence-electron chi connectivity index (χ3n) is 5.24. The molecule has 0 fully saturated rings. The van der Waals surface area contributed by atoms with Crippen molar-refractivity contribution >= 4 is 21.5 Å². The molecule has 35 heavy (non-hydrogen) atoms. The summed E-state index contributed by atoms with van der Waals surface area (Å²) in [5, 5.41) is 17.3. The van der Waals surface area contributed by atoms with Gasteiger partial charge in [0.1, 0.15) is 17.6 Å². The highest BCUT2D eigenvalue weighted by atomic mass is 32.2. The molecule has 0 saturated heterocycles. The summed E-state index contributed by atoms with van der Waals surface area (Å²) in [5.74, 6) is 0.638. The number of aromatic nitrogens is 3. The first-order valence-electron chi connectivity index (χ1n) is 11.0. The van der Waals surface area contributed by atoms with E-state index in [9.17, 15) is 8.42 Å². The van der Waals surface area contributed by atoms with Crippen LogP contribution in [0.2, 0.25) is 0 Å². The van der Waals surface area contributed by atoms with Gasteiger partial charge >= 0.3 is 0 Å². The molecule has 0 unspecified atom stereocenters. The van der Waals surface area contributed by atoms with Gasteiger partial charge in [-0.25, -0.2) is 18.4 Å². The van der Waals surface area contributed by atoms with Gasteiger partial charge in [-0.15, -0.1) is 0 Å². The molecule has 0 amide bonds. The average molecular weight is 490 g/mol. The van der Waals surface area contributed by atoms with Gasteiger partial charge in [0.15, 0.2) is 21.6 Å². The Morgan fingerprint density at radius 2 is 1.71 bits per heavy atom. The van der Waals surface area contributed by atoms with Gasteiger partial charge in [0, 0.05) is 29.4 Å². The highest BCUT2D eigenvalue weighted by Gasteiger charge is 2.19. The summed E-state index contributed by atoms with van der Waals surface area (Å²) in [6.45, 7) is 5.90. The number of hydrogen-bond donors (Lipinski definition) is 3. The van der Waals surface area contributed by atoms with Crippen molar-refractivity contribution in [2.45, 2.75) is 30.9 Å². The van der Waals surface area contributed by atoms with Crippen LogP contribution in [0.5, 0.6) is 0 Å². The van der Waals surface area contributed by atoms with Crippen molar-refractivity contribution in [2.24, 2.45) is 0 Å². The molecule has 3 N–H and O–H groups in total. The van der Waals surface area contributed by atoms with Gasteiger partial charge in [0.25, 0.3) is 0 Å². The lowest BCUT2D eigenvalue weighted by Gasteiger charge is -2.08. The zero-order valence-corrected chi connectivity index (χ0v) is 20.3. The molecule has 4 rings (SSSR count). The molecule has 2 aromatic heterocycles. The van der Waals surface area contributed by atoms with Gasteiger partial charge in [-0.1, -0.05) is 29.4 Å². The van der Waals surface area contributed by atoms with E-state index in [0.717, 1.165) is 16.8 Å². The van der Waals surface area contributed by atoms with Crippen molar-refractivity contribution in [3.63, 3.8) is 0 Å². The van der Waals surface area contributed by atoms with E-state index in [0.29, 0.717) is 29.4 Å². The third-order valence-corrected chi connectivity index (χ3v) is 7.41. The van der Waals surface area contributed by atoms with Crippen LogP contribution >= 0.6 is 0 Å². The van der Waals surface area contributed by atoms with E-state index in [4.69, 9.17) is 9.93 Å².